The highest BCUT2D eigenvalue weighted by atomic mass is 28.4. The van der Waals surface area contributed by atoms with Gasteiger partial charge in [-0.2, -0.15) is 0 Å². The molecule has 0 aromatic carbocycles. The van der Waals surface area contributed by atoms with Gasteiger partial charge in [0, 0.05) is 26.9 Å². The number of hydrogen-bond donors (Lipinski definition) is 0. The maximum atomic E-state index is 11.8. The van der Waals surface area contributed by atoms with Gasteiger partial charge in [-0.05, 0) is 18.8 Å². The molecular weight excluding hydrogens is 268 g/mol. The lowest BCUT2D eigenvalue weighted by molar-refractivity contribution is -0.153. The predicted octanol–water partition coefficient (Wildman–Crippen LogP) is 0.654. The van der Waals surface area contributed by atoms with E-state index in [2.05, 4.69) is 0 Å². The molecule has 1 heterocycles. The zero-order valence-electron chi connectivity index (χ0n) is 11.1. The second kappa shape index (κ2) is 4.24. The van der Waals surface area contributed by atoms with Crippen LogP contribution in [0.2, 0.25) is 5.54 Å². The van der Waals surface area contributed by atoms with E-state index in [4.69, 9.17) is 18.0 Å². The molecule has 2 fully saturated rings. The molecule has 2 bridgehead atoms. The number of fused-ring (bicyclic) bond motifs is 4. The number of cyclic esters (lactones) is 2. The number of carbonyl (C=O) groups excluding carboxylic acids is 2. The Morgan fingerprint density at radius 2 is 1.74 bits per heavy atom. The van der Waals surface area contributed by atoms with E-state index in [0.717, 1.165) is 12.0 Å². The van der Waals surface area contributed by atoms with Gasteiger partial charge in [-0.3, -0.25) is 4.79 Å². The van der Waals surface area contributed by atoms with E-state index in [-0.39, 0.29) is 11.5 Å². The number of carbonyl (C=O) groups is 2. The number of allylic oxidation sites excluding steroid dienone is 1. The summed E-state index contributed by atoms with van der Waals surface area (Å²) >= 11 is 0. The Bertz CT molecular complexity index is 472. The molecule has 3 atom stereocenters. The lowest BCUT2D eigenvalue weighted by Crippen LogP contribution is -2.50. The molecule has 1 saturated heterocycles. The minimum Gasteiger partial charge on any atom is -0.389 e. The predicted molar refractivity (Wildman–Crippen MR) is 64.9 cm³/mol. The van der Waals surface area contributed by atoms with Crippen molar-refractivity contribution in [3.63, 3.8) is 0 Å². The number of hydrogen-bond acceptors (Lipinski definition) is 6. The van der Waals surface area contributed by atoms with Crippen LogP contribution in [0.25, 0.3) is 0 Å². The lowest BCUT2D eigenvalue weighted by Gasteiger charge is -2.35. The average molecular weight is 284 g/mol. The average Bonchev–Trinajstić information content (AvgIpc) is 3.06. The molecule has 0 aromatic heterocycles. The minimum atomic E-state index is -2.80. The van der Waals surface area contributed by atoms with Crippen LogP contribution in [0, 0.1) is 11.8 Å². The van der Waals surface area contributed by atoms with Gasteiger partial charge < -0.3 is 18.0 Å². The summed E-state index contributed by atoms with van der Waals surface area (Å²) < 4.78 is 21.3. The third-order valence-electron chi connectivity index (χ3n) is 4.56. The van der Waals surface area contributed by atoms with Crippen LogP contribution in [-0.2, 0) is 27.6 Å². The molecule has 0 radical (unpaired) electrons. The molecule has 0 amide bonds. The Morgan fingerprint density at radius 1 is 1.11 bits per heavy atom. The molecule has 0 spiro atoms. The topological polar surface area (TPSA) is 71.1 Å². The van der Waals surface area contributed by atoms with Crippen molar-refractivity contribution in [1.29, 1.82) is 0 Å². The standard InChI is InChI=1S/C12H16O6Si/c1-15-19(16-2,17-3)8-5-6-4-7(8)10-9(6)11(13)18-12(10)14/h7-8,10H,4-5H2,1-3H3/t7-,8-,10-/m0/s1. The first-order chi connectivity index (χ1) is 9.07. The maximum absolute atomic E-state index is 11.8. The van der Waals surface area contributed by atoms with Crippen molar-refractivity contribution in [3.8, 4) is 0 Å². The third kappa shape index (κ3) is 1.52. The molecule has 0 unspecified atom stereocenters. The van der Waals surface area contributed by atoms with Crippen LogP contribution < -0.4 is 0 Å². The summed E-state index contributed by atoms with van der Waals surface area (Å²) in [6, 6.07) is 0. The summed E-state index contributed by atoms with van der Waals surface area (Å²) in [6.07, 6.45) is 1.44. The molecule has 3 rings (SSSR count). The molecule has 0 N–H and O–H groups in total. The van der Waals surface area contributed by atoms with Gasteiger partial charge >= 0.3 is 20.7 Å². The number of ether oxygens (including phenoxy) is 1. The fourth-order valence-corrected chi connectivity index (χ4v) is 6.54. The van der Waals surface area contributed by atoms with Crippen molar-refractivity contribution in [2.24, 2.45) is 11.8 Å². The van der Waals surface area contributed by atoms with Crippen LogP contribution in [-0.4, -0.2) is 42.1 Å². The lowest BCUT2D eigenvalue weighted by atomic mass is 9.87. The molecule has 1 saturated carbocycles. The van der Waals surface area contributed by atoms with E-state index in [1.807, 2.05) is 0 Å². The van der Waals surface area contributed by atoms with Crippen molar-refractivity contribution in [3.05, 3.63) is 11.1 Å². The Hall–Kier alpha value is -1.02. The number of rotatable bonds is 4. The first-order valence-corrected chi connectivity index (χ1v) is 8.01. The van der Waals surface area contributed by atoms with Crippen LogP contribution in [0.3, 0.4) is 0 Å². The van der Waals surface area contributed by atoms with Crippen molar-refractivity contribution in [2.75, 3.05) is 21.3 Å². The Labute approximate surface area is 112 Å². The van der Waals surface area contributed by atoms with E-state index >= 15 is 0 Å². The summed E-state index contributed by atoms with van der Waals surface area (Å²) in [5, 5.41) is 0. The first kappa shape index (κ1) is 13.0. The quantitative estimate of drug-likeness (QED) is 0.429. The van der Waals surface area contributed by atoms with E-state index in [9.17, 15) is 9.59 Å². The van der Waals surface area contributed by atoms with Crippen molar-refractivity contribution < 1.29 is 27.6 Å². The first-order valence-electron chi connectivity index (χ1n) is 6.21. The summed E-state index contributed by atoms with van der Waals surface area (Å²) in [4.78, 5) is 23.4. The van der Waals surface area contributed by atoms with E-state index < -0.39 is 26.7 Å². The molecule has 6 nitrogen and oxygen atoms in total. The zero-order chi connectivity index (χ0) is 13.8. The van der Waals surface area contributed by atoms with Crippen LogP contribution in [0.5, 0.6) is 0 Å². The van der Waals surface area contributed by atoms with Crippen LogP contribution in [0.15, 0.2) is 11.1 Å². The fraction of sp³-hybridized carbons (Fsp3) is 0.667. The smallest absolute Gasteiger partial charge is 0.389 e. The summed E-state index contributed by atoms with van der Waals surface area (Å²) in [5.41, 5.74) is 1.62. The summed E-state index contributed by atoms with van der Waals surface area (Å²) in [7, 11) is 1.90. The Kier molecular flexibility index (Phi) is 2.90. The fourth-order valence-electron chi connectivity index (χ4n) is 3.80. The minimum absolute atomic E-state index is 0.00969. The highest BCUT2D eigenvalue weighted by Crippen LogP contribution is 2.60. The van der Waals surface area contributed by atoms with Gasteiger partial charge in [-0.1, -0.05) is 5.57 Å². The molecule has 7 heteroatoms. The Balaban J connectivity index is 1.98. The van der Waals surface area contributed by atoms with Gasteiger partial charge in [0.2, 0.25) is 0 Å². The van der Waals surface area contributed by atoms with Crippen molar-refractivity contribution in [2.45, 2.75) is 18.4 Å². The summed E-state index contributed by atoms with van der Waals surface area (Å²) in [5.74, 6) is -1.33. The highest BCUT2D eigenvalue weighted by Gasteiger charge is 2.64. The molecule has 3 aliphatic rings. The van der Waals surface area contributed by atoms with Gasteiger partial charge in [0.1, 0.15) is 0 Å². The van der Waals surface area contributed by atoms with Gasteiger partial charge in [0.25, 0.3) is 0 Å². The SMILES string of the molecule is CO[Si](OC)(OC)[C@H]1CC2=C3C(=O)OC(=O)[C@H]3[C@H]1C2. The van der Waals surface area contributed by atoms with E-state index in [1.165, 1.54) is 0 Å². The number of esters is 2. The molecule has 19 heavy (non-hydrogen) atoms. The molecule has 2 aliphatic carbocycles. The van der Waals surface area contributed by atoms with E-state index in [0.29, 0.717) is 12.0 Å². The highest BCUT2D eigenvalue weighted by molar-refractivity contribution is 6.62. The van der Waals surface area contributed by atoms with Crippen LogP contribution in [0.4, 0.5) is 0 Å². The van der Waals surface area contributed by atoms with Gasteiger partial charge in [0.15, 0.2) is 0 Å². The molecule has 0 aromatic rings. The third-order valence-corrected chi connectivity index (χ3v) is 7.81. The normalized spacial score (nSPS) is 33.1. The Morgan fingerprint density at radius 3 is 2.32 bits per heavy atom. The van der Waals surface area contributed by atoms with Gasteiger partial charge in [-0.25, -0.2) is 4.79 Å². The van der Waals surface area contributed by atoms with Crippen LogP contribution >= 0.6 is 0 Å². The molecule has 1 aliphatic heterocycles. The largest absolute Gasteiger partial charge is 0.504 e. The van der Waals surface area contributed by atoms with E-state index in [1.54, 1.807) is 21.3 Å². The zero-order valence-corrected chi connectivity index (χ0v) is 12.1. The molecular formula is C12H16O6Si. The second-order valence-corrected chi connectivity index (χ2v) is 8.27. The van der Waals surface area contributed by atoms with Crippen molar-refractivity contribution >= 4 is 20.7 Å². The van der Waals surface area contributed by atoms with Crippen LogP contribution in [0.1, 0.15) is 12.8 Å². The molecule has 104 valence electrons. The monoisotopic (exact) mass is 284 g/mol. The van der Waals surface area contributed by atoms with Gasteiger partial charge in [0.05, 0.1) is 11.5 Å². The summed E-state index contributed by atoms with van der Waals surface area (Å²) in [6.45, 7) is 0. The van der Waals surface area contributed by atoms with Crippen molar-refractivity contribution in [1.82, 2.24) is 0 Å². The van der Waals surface area contributed by atoms with Gasteiger partial charge in [-0.15, -0.1) is 0 Å². The second-order valence-electron chi connectivity index (χ2n) is 5.10. The maximum Gasteiger partial charge on any atom is 0.504 e.